The van der Waals surface area contributed by atoms with Crippen molar-refractivity contribution in [3.05, 3.63) is 35.4 Å². The first-order valence-electron chi connectivity index (χ1n) is 5.62. The van der Waals surface area contributed by atoms with Crippen LogP contribution in [-0.2, 0) is 6.54 Å². The van der Waals surface area contributed by atoms with Gasteiger partial charge in [-0.3, -0.25) is 0 Å². The van der Waals surface area contributed by atoms with Gasteiger partial charge in [-0.1, -0.05) is 29.8 Å². The van der Waals surface area contributed by atoms with E-state index in [0.29, 0.717) is 6.04 Å². The van der Waals surface area contributed by atoms with Crippen molar-refractivity contribution in [2.75, 3.05) is 6.61 Å². The van der Waals surface area contributed by atoms with E-state index in [2.05, 4.69) is 43.4 Å². The Labute approximate surface area is 92.3 Å². The Morgan fingerprint density at radius 3 is 2.87 bits per heavy atom. The SMILES string of the molecule is Cc1cccc(CNC(C)CCCO)c1. The summed E-state index contributed by atoms with van der Waals surface area (Å²) in [4.78, 5) is 0. The van der Waals surface area contributed by atoms with Crippen molar-refractivity contribution in [2.45, 2.75) is 39.3 Å². The topological polar surface area (TPSA) is 32.3 Å². The molecule has 0 bridgehead atoms. The van der Waals surface area contributed by atoms with Crippen LogP contribution in [0, 0.1) is 6.92 Å². The molecule has 0 aromatic heterocycles. The van der Waals surface area contributed by atoms with E-state index in [9.17, 15) is 0 Å². The lowest BCUT2D eigenvalue weighted by atomic mass is 10.1. The maximum Gasteiger partial charge on any atom is 0.0431 e. The van der Waals surface area contributed by atoms with Crippen molar-refractivity contribution in [1.82, 2.24) is 5.32 Å². The van der Waals surface area contributed by atoms with Gasteiger partial charge in [-0.15, -0.1) is 0 Å². The predicted octanol–water partition coefficient (Wildman–Crippen LogP) is 2.25. The normalized spacial score (nSPS) is 12.7. The van der Waals surface area contributed by atoms with Crippen LogP contribution < -0.4 is 5.32 Å². The Morgan fingerprint density at radius 1 is 1.40 bits per heavy atom. The van der Waals surface area contributed by atoms with Crippen LogP contribution in [0.25, 0.3) is 0 Å². The Hall–Kier alpha value is -0.860. The second kappa shape index (κ2) is 6.59. The fourth-order valence-electron chi connectivity index (χ4n) is 1.61. The number of aryl methyl sites for hydroxylation is 1. The molecule has 1 atom stereocenters. The zero-order valence-corrected chi connectivity index (χ0v) is 9.66. The quantitative estimate of drug-likeness (QED) is 0.750. The van der Waals surface area contributed by atoms with Gasteiger partial charge < -0.3 is 10.4 Å². The summed E-state index contributed by atoms with van der Waals surface area (Å²) in [5, 5.41) is 12.2. The Balaban J connectivity index is 2.30. The Bertz CT molecular complexity index is 286. The molecule has 84 valence electrons. The molecule has 2 N–H and O–H groups in total. The first kappa shape index (κ1) is 12.2. The summed E-state index contributed by atoms with van der Waals surface area (Å²) in [5.41, 5.74) is 2.63. The Kier molecular flexibility index (Phi) is 5.37. The first-order chi connectivity index (χ1) is 7.22. The summed E-state index contributed by atoms with van der Waals surface area (Å²) in [6.45, 7) is 5.47. The molecule has 0 aliphatic carbocycles. The van der Waals surface area contributed by atoms with Gasteiger partial charge in [-0.05, 0) is 32.3 Å². The average Bonchev–Trinajstić information content (AvgIpc) is 2.23. The van der Waals surface area contributed by atoms with Gasteiger partial charge in [0.25, 0.3) is 0 Å². The third-order valence-corrected chi connectivity index (χ3v) is 2.53. The highest BCUT2D eigenvalue weighted by Crippen LogP contribution is 2.04. The number of rotatable bonds is 6. The zero-order chi connectivity index (χ0) is 11.1. The van der Waals surface area contributed by atoms with Crippen LogP contribution in [-0.4, -0.2) is 17.8 Å². The first-order valence-corrected chi connectivity index (χ1v) is 5.62. The zero-order valence-electron chi connectivity index (χ0n) is 9.66. The van der Waals surface area contributed by atoms with Crippen LogP contribution in [0.5, 0.6) is 0 Å². The number of hydrogen-bond donors (Lipinski definition) is 2. The van der Waals surface area contributed by atoms with Gasteiger partial charge in [0.1, 0.15) is 0 Å². The van der Waals surface area contributed by atoms with Crippen molar-refractivity contribution in [3.63, 3.8) is 0 Å². The van der Waals surface area contributed by atoms with E-state index >= 15 is 0 Å². The molecule has 15 heavy (non-hydrogen) atoms. The number of hydrogen-bond acceptors (Lipinski definition) is 2. The molecule has 1 rings (SSSR count). The lowest BCUT2D eigenvalue weighted by molar-refractivity contribution is 0.276. The largest absolute Gasteiger partial charge is 0.396 e. The fourth-order valence-corrected chi connectivity index (χ4v) is 1.61. The molecule has 1 aromatic rings. The number of aliphatic hydroxyl groups excluding tert-OH is 1. The van der Waals surface area contributed by atoms with Gasteiger partial charge in [0.2, 0.25) is 0 Å². The van der Waals surface area contributed by atoms with Crippen LogP contribution in [0.15, 0.2) is 24.3 Å². The second-order valence-electron chi connectivity index (χ2n) is 4.14. The van der Waals surface area contributed by atoms with Gasteiger partial charge in [-0.2, -0.15) is 0 Å². The van der Waals surface area contributed by atoms with Gasteiger partial charge in [0.05, 0.1) is 0 Å². The highest BCUT2D eigenvalue weighted by atomic mass is 16.2. The molecular formula is C13H21NO. The lowest BCUT2D eigenvalue weighted by Crippen LogP contribution is -2.25. The van der Waals surface area contributed by atoms with Gasteiger partial charge in [0, 0.05) is 19.2 Å². The molecule has 0 radical (unpaired) electrons. The van der Waals surface area contributed by atoms with E-state index in [1.807, 2.05) is 0 Å². The van der Waals surface area contributed by atoms with Crippen molar-refractivity contribution >= 4 is 0 Å². The fraction of sp³-hybridized carbons (Fsp3) is 0.538. The van der Waals surface area contributed by atoms with E-state index in [1.54, 1.807) is 0 Å². The highest BCUT2D eigenvalue weighted by molar-refractivity contribution is 5.21. The standard InChI is InChI=1S/C13H21NO/c1-11-5-3-7-13(9-11)10-14-12(2)6-4-8-15/h3,5,7,9,12,14-15H,4,6,8,10H2,1-2H3. The van der Waals surface area contributed by atoms with E-state index in [1.165, 1.54) is 11.1 Å². The highest BCUT2D eigenvalue weighted by Gasteiger charge is 2.00. The molecule has 0 saturated carbocycles. The van der Waals surface area contributed by atoms with Crippen LogP contribution in [0.2, 0.25) is 0 Å². The van der Waals surface area contributed by atoms with Crippen LogP contribution in [0.4, 0.5) is 0 Å². The lowest BCUT2D eigenvalue weighted by Gasteiger charge is -2.13. The summed E-state index contributed by atoms with van der Waals surface area (Å²) < 4.78 is 0. The molecular weight excluding hydrogens is 186 g/mol. The minimum absolute atomic E-state index is 0.288. The summed E-state index contributed by atoms with van der Waals surface area (Å²) in [5.74, 6) is 0. The molecule has 0 aliphatic heterocycles. The third-order valence-electron chi connectivity index (χ3n) is 2.53. The van der Waals surface area contributed by atoms with Crippen molar-refractivity contribution < 1.29 is 5.11 Å². The van der Waals surface area contributed by atoms with Gasteiger partial charge in [0.15, 0.2) is 0 Å². The number of nitrogens with one attached hydrogen (secondary N) is 1. The van der Waals surface area contributed by atoms with Crippen LogP contribution in [0.1, 0.15) is 30.9 Å². The maximum absolute atomic E-state index is 8.71. The molecule has 0 aliphatic rings. The maximum atomic E-state index is 8.71. The molecule has 2 heteroatoms. The number of benzene rings is 1. The van der Waals surface area contributed by atoms with Crippen molar-refractivity contribution in [3.8, 4) is 0 Å². The summed E-state index contributed by atoms with van der Waals surface area (Å²) in [7, 11) is 0. The second-order valence-corrected chi connectivity index (χ2v) is 4.14. The predicted molar refractivity (Wildman–Crippen MR) is 63.8 cm³/mol. The van der Waals surface area contributed by atoms with E-state index < -0.39 is 0 Å². The molecule has 0 amide bonds. The average molecular weight is 207 g/mol. The third kappa shape index (κ3) is 4.96. The van der Waals surface area contributed by atoms with Gasteiger partial charge in [-0.25, -0.2) is 0 Å². The number of aliphatic hydroxyl groups is 1. The summed E-state index contributed by atoms with van der Waals surface area (Å²) >= 11 is 0. The smallest absolute Gasteiger partial charge is 0.0431 e. The van der Waals surface area contributed by atoms with Crippen molar-refractivity contribution in [2.24, 2.45) is 0 Å². The minimum atomic E-state index is 0.288. The summed E-state index contributed by atoms with van der Waals surface area (Å²) in [6, 6.07) is 9.01. The van der Waals surface area contributed by atoms with Crippen LogP contribution >= 0.6 is 0 Å². The van der Waals surface area contributed by atoms with E-state index in [4.69, 9.17) is 5.11 Å². The molecule has 1 unspecified atom stereocenters. The summed E-state index contributed by atoms with van der Waals surface area (Å²) in [6.07, 6.45) is 1.91. The van der Waals surface area contributed by atoms with Crippen molar-refractivity contribution in [1.29, 1.82) is 0 Å². The molecule has 2 nitrogen and oxygen atoms in total. The van der Waals surface area contributed by atoms with E-state index in [-0.39, 0.29) is 6.61 Å². The minimum Gasteiger partial charge on any atom is -0.396 e. The molecule has 0 spiro atoms. The monoisotopic (exact) mass is 207 g/mol. The molecule has 1 aromatic carbocycles. The molecule has 0 fully saturated rings. The molecule has 0 saturated heterocycles. The Morgan fingerprint density at radius 2 is 2.20 bits per heavy atom. The van der Waals surface area contributed by atoms with E-state index in [0.717, 1.165) is 19.4 Å². The molecule has 0 heterocycles. The van der Waals surface area contributed by atoms with Gasteiger partial charge >= 0.3 is 0 Å². The van der Waals surface area contributed by atoms with Crippen LogP contribution in [0.3, 0.4) is 0 Å².